The molecular formula is C17H30N2O2. The summed E-state index contributed by atoms with van der Waals surface area (Å²) in [6, 6.07) is 0.449. The van der Waals surface area contributed by atoms with Crippen molar-refractivity contribution in [3.05, 3.63) is 0 Å². The van der Waals surface area contributed by atoms with Gasteiger partial charge in [-0.1, -0.05) is 12.8 Å². The first-order chi connectivity index (χ1) is 10.3. The van der Waals surface area contributed by atoms with E-state index in [2.05, 4.69) is 10.2 Å². The summed E-state index contributed by atoms with van der Waals surface area (Å²) in [5.41, 5.74) is -0.0579. The highest BCUT2D eigenvalue weighted by Crippen LogP contribution is 2.44. The van der Waals surface area contributed by atoms with Crippen LogP contribution in [0.15, 0.2) is 0 Å². The van der Waals surface area contributed by atoms with Gasteiger partial charge in [0, 0.05) is 32.8 Å². The predicted molar refractivity (Wildman–Crippen MR) is 83.1 cm³/mol. The molecule has 3 fully saturated rings. The van der Waals surface area contributed by atoms with E-state index in [1.165, 1.54) is 19.3 Å². The molecule has 2 aliphatic heterocycles. The van der Waals surface area contributed by atoms with Gasteiger partial charge in [-0.25, -0.2) is 0 Å². The average Bonchev–Trinajstić information content (AvgIpc) is 2.98. The Morgan fingerprint density at radius 1 is 1.24 bits per heavy atom. The van der Waals surface area contributed by atoms with E-state index in [0.717, 1.165) is 64.3 Å². The van der Waals surface area contributed by atoms with Crippen molar-refractivity contribution in [2.45, 2.75) is 57.4 Å². The largest absolute Gasteiger partial charge is 0.385 e. The highest BCUT2D eigenvalue weighted by atomic mass is 16.5. The van der Waals surface area contributed by atoms with Gasteiger partial charge in [0.05, 0.1) is 5.41 Å². The van der Waals surface area contributed by atoms with Crippen LogP contribution in [0.4, 0.5) is 0 Å². The molecule has 0 aromatic rings. The van der Waals surface area contributed by atoms with Gasteiger partial charge in [-0.3, -0.25) is 4.79 Å². The minimum Gasteiger partial charge on any atom is -0.385 e. The van der Waals surface area contributed by atoms with E-state index in [1.54, 1.807) is 7.11 Å². The number of amides is 1. The number of hydrogen-bond donors (Lipinski definition) is 1. The Morgan fingerprint density at radius 3 is 2.81 bits per heavy atom. The average molecular weight is 294 g/mol. The van der Waals surface area contributed by atoms with Crippen molar-refractivity contribution < 1.29 is 9.53 Å². The maximum absolute atomic E-state index is 13.1. The van der Waals surface area contributed by atoms with Gasteiger partial charge in [-0.05, 0) is 51.0 Å². The standard InChI is InChI=1S/C17H30N2O2/c1-21-13-7-14-5-11-19(12-6-14)16(20)17-8-3-2-4-15(17)18-10-9-17/h14-15,18H,2-13H2,1H3/t15-,17+/m0/s1. The van der Waals surface area contributed by atoms with Gasteiger partial charge in [0.1, 0.15) is 0 Å². The molecule has 1 amide bonds. The van der Waals surface area contributed by atoms with Gasteiger partial charge in [0.25, 0.3) is 0 Å². The van der Waals surface area contributed by atoms with Crippen molar-refractivity contribution in [3.63, 3.8) is 0 Å². The number of likely N-dealkylation sites (tertiary alicyclic amines) is 1. The summed E-state index contributed by atoms with van der Waals surface area (Å²) in [7, 11) is 1.77. The number of hydrogen-bond acceptors (Lipinski definition) is 3. The Balaban J connectivity index is 1.58. The second-order valence-corrected chi connectivity index (χ2v) is 7.18. The molecule has 0 spiro atoms. The third-order valence-corrected chi connectivity index (χ3v) is 6.05. The number of nitrogens with zero attached hydrogens (tertiary/aromatic N) is 1. The lowest BCUT2D eigenvalue weighted by Crippen LogP contribution is -2.53. The van der Waals surface area contributed by atoms with Crippen LogP contribution >= 0.6 is 0 Å². The zero-order chi connectivity index (χ0) is 14.7. The molecule has 1 aliphatic carbocycles. The predicted octanol–water partition coefficient (Wildman–Crippen LogP) is 2.18. The molecule has 21 heavy (non-hydrogen) atoms. The summed E-state index contributed by atoms with van der Waals surface area (Å²) in [6.07, 6.45) is 9.32. The summed E-state index contributed by atoms with van der Waals surface area (Å²) < 4.78 is 5.18. The van der Waals surface area contributed by atoms with Crippen LogP contribution < -0.4 is 5.32 Å². The molecular weight excluding hydrogens is 264 g/mol. The molecule has 120 valence electrons. The Bertz CT molecular complexity index is 366. The SMILES string of the molecule is COCCC1CCN(C(=O)[C@@]23CCCC[C@@H]2NCC3)CC1. The lowest BCUT2D eigenvalue weighted by molar-refractivity contribution is -0.146. The van der Waals surface area contributed by atoms with E-state index in [4.69, 9.17) is 4.74 Å². The van der Waals surface area contributed by atoms with Crippen LogP contribution in [0.25, 0.3) is 0 Å². The molecule has 2 saturated heterocycles. The monoisotopic (exact) mass is 294 g/mol. The third-order valence-electron chi connectivity index (χ3n) is 6.05. The number of rotatable bonds is 4. The Kier molecular flexibility index (Phi) is 4.85. The summed E-state index contributed by atoms with van der Waals surface area (Å²) in [6.45, 7) is 3.80. The van der Waals surface area contributed by atoms with Crippen molar-refractivity contribution in [1.29, 1.82) is 0 Å². The molecule has 1 N–H and O–H groups in total. The smallest absolute Gasteiger partial charge is 0.230 e. The zero-order valence-electron chi connectivity index (χ0n) is 13.4. The van der Waals surface area contributed by atoms with Crippen molar-refractivity contribution in [3.8, 4) is 0 Å². The lowest BCUT2D eigenvalue weighted by Gasteiger charge is -2.43. The second-order valence-electron chi connectivity index (χ2n) is 7.18. The van der Waals surface area contributed by atoms with Crippen LogP contribution in [-0.4, -0.2) is 50.2 Å². The maximum Gasteiger partial charge on any atom is 0.230 e. The Labute approximate surface area is 128 Å². The second kappa shape index (κ2) is 6.66. The fourth-order valence-corrected chi connectivity index (χ4v) is 4.69. The highest BCUT2D eigenvalue weighted by Gasteiger charge is 2.51. The molecule has 0 aromatic heterocycles. The van der Waals surface area contributed by atoms with Gasteiger partial charge >= 0.3 is 0 Å². The van der Waals surface area contributed by atoms with E-state index in [-0.39, 0.29) is 5.41 Å². The summed E-state index contributed by atoms with van der Waals surface area (Å²) in [4.78, 5) is 15.3. The quantitative estimate of drug-likeness (QED) is 0.864. The normalized spacial score (nSPS) is 34.0. The minimum atomic E-state index is -0.0579. The molecule has 4 nitrogen and oxygen atoms in total. The molecule has 0 radical (unpaired) electrons. The molecule has 0 unspecified atom stereocenters. The van der Waals surface area contributed by atoms with Crippen LogP contribution in [0, 0.1) is 11.3 Å². The van der Waals surface area contributed by atoms with E-state index in [1.807, 2.05) is 0 Å². The topological polar surface area (TPSA) is 41.6 Å². The molecule has 2 heterocycles. The van der Waals surface area contributed by atoms with Crippen LogP contribution in [0.5, 0.6) is 0 Å². The van der Waals surface area contributed by atoms with Gasteiger partial charge in [-0.2, -0.15) is 0 Å². The molecule has 3 aliphatic rings. The number of piperidine rings is 1. The highest BCUT2D eigenvalue weighted by molar-refractivity contribution is 5.84. The third kappa shape index (κ3) is 2.98. The van der Waals surface area contributed by atoms with Crippen LogP contribution in [-0.2, 0) is 9.53 Å². The number of methoxy groups -OCH3 is 1. The maximum atomic E-state index is 13.1. The first-order valence-corrected chi connectivity index (χ1v) is 8.78. The molecule has 1 saturated carbocycles. The minimum absolute atomic E-state index is 0.0579. The number of carbonyl (C=O) groups excluding carboxylic acids is 1. The Morgan fingerprint density at radius 2 is 2.05 bits per heavy atom. The van der Waals surface area contributed by atoms with Crippen LogP contribution in [0.2, 0.25) is 0 Å². The van der Waals surface area contributed by atoms with Crippen molar-refractivity contribution in [2.24, 2.45) is 11.3 Å². The van der Waals surface area contributed by atoms with Gasteiger partial charge in [0.15, 0.2) is 0 Å². The fraction of sp³-hybridized carbons (Fsp3) is 0.941. The lowest BCUT2D eigenvalue weighted by atomic mass is 9.69. The van der Waals surface area contributed by atoms with Gasteiger partial charge in [-0.15, -0.1) is 0 Å². The number of fused-ring (bicyclic) bond motifs is 1. The zero-order valence-corrected chi connectivity index (χ0v) is 13.4. The van der Waals surface area contributed by atoms with Gasteiger partial charge < -0.3 is 15.0 Å². The first kappa shape index (κ1) is 15.3. The van der Waals surface area contributed by atoms with Crippen molar-refractivity contribution >= 4 is 5.91 Å². The van der Waals surface area contributed by atoms with E-state index in [0.29, 0.717) is 11.9 Å². The van der Waals surface area contributed by atoms with Crippen LogP contribution in [0.3, 0.4) is 0 Å². The molecule has 0 aromatic carbocycles. The fourth-order valence-electron chi connectivity index (χ4n) is 4.69. The first-order valence-electron chi connectivity index (χ1n) is 8.78. The summed E-state index contributed by atoms with van der Waals surface area (Å²) in [5.74, 6) is 1.21. The van der Waals surface area contributed by atoms with Crippen molar-refractivity contribution in [2.75, 3.05) is 33.4 Å². The van der Waals surface area contributed by atoms with Crippen LogP contribution in [0.1, 0.15) is 51.4 Å². The van der Waals surface area contributed by atoms with Gasteiger partial charge in [0.2, 0.25) is 5.91 Å². The Hall–Kier alpha value is -0.610. The molecule has 2 atom stereocenters. The van der Waals surface area contributed by atoms with E-state index < -0.39 is 0 Å². The number of nitrogens with one attached hydrogen (secondary N) is 1. The number of carbonyl (C=O) groups is 1. The van der Waals surface area contributed by atoms with Crippen molar-refractivity contribution in [1.82, 2.24) is 10.2 Å². The molecule has 3 rings (SSSR count). The molecule has 0 bridgehead atoms. The van der Waals surface area contributed by atoms with E-state index >= 15 is 0 Å². The molecule has 4 heteroatoms. The summed E-state index contributed by atoms with van der Waals surface area (Å²) >= 11 is 0. The van der Waals surface area contributed by atoms with E-state index in [9.17, 15) is 4.79 Å². The number of ether oxygens (including phenoxy) is 1. The summed E-state index contributed by atoms with van der Waals surface area (Å²) in [5, 5.41) is 3.59.